The van der Waals surface area contributed by atoms with E-state index in [1.165, 1.54) is 28.6 Å². The summed E-state index contributed by atoms with van der Waals surface area (Å²) in [5.74, 6) is 0.411. The molecule has 0 amide bonds. The molecule has 1 aliphatic rings. The number of fused-ring (bicyclic) bond motifs is 1. The van der Waals surface area contributed by atoms with Crippen LogP contribution in [0.3, 0.4) is 0 Å². The van der Waals surface area contributed by atoms with E-state index >= 15 is 0 Å². The molecule has 0 bridgehead atoms. The van der Waals surface area contributed by atoms with Gasteiger partial charge in [0.15, 0.2) is 5.65 Å². The Morgan fingerprint density at radius 1 is 0.970 bits per heavy atom. The van der Waals surface area contributed by atoms with Gasteiger partial charge >= 0.3 is 0 Å². The molecule has 0 N–H and O–H groups in total. The fourth-order valence-corrected chi connectivity index (χ4v) is 5.61. The average Bonchev–Trinajstić information content (AvgIpc) is 3.17. The van der Waals surface area contributed by atoms with Gasteiger partial charge in [-0.1, -0.05) is 12.1 Å². The predicted molar refractivity (Wildman–Crippen MR) is 124 cm³/mol. The molecule has 1 saturated heterocycles. The van der Waals surface area contributed by atoms with Crippen molar-refractivity contribution in [3.05, 3.63) is 84.1 Å². The number of hydrogen-bond acceptors (Lipinski definition) is 5. The number of aromatic nitrogens is 3. The van der Waals surface area contributed by atoms with Gasteiger partial charge in [-0.25, -0.2) is 22.8 Å². The third-order valence-electron chi connectivity index (χ3n) is 5.89. The van der Waals surface area contributed by atoms with Crippen LogP contribution in [0.4, 0.5) is 4.39 Å². The van der Waals surface area contributed by atoms with E-state index in [0.717, 1.165) is 28.2 Å². The largest absolute Gasteiger partial charge is 0.293 e. The third-order valence-corrected chi connectivity index (χ3v) is 7.81. The van der Waals surface area contributed by atoms with E-state index in [1.807, 2.05) is 24.3 Å². The van der Waals surface area contributed by atoms with Gasteiger partial charge in [-0.15, -0.1) is 0 Å². The molecule has 1 fully saturated rings. The highest BCUT2D eigenvalue weighted by Crippen LogP contribution is 2.23. The highest BCUT2D eigenvalue weighted by molar-refractivity contribution is 7.89. The lowest BCUT2D eigenvalue weighted by molar-refractivity contribution is 0.177. The maximum atomic E-state index is 13.2. The summed E-state index contributed by atoms with van der Waals surface area (Å²) in [5, 5.41) is 0. The summed E-state index contributed by atoms with van der Waals surface area (Å²) in [6.45, 7) is 4.51. The molecule has 170 valence electrons. The SMILES string of the molecule is Cc1cccc(-n2c(CN3CCN(S(=O)(=O)c4ccc(F)cc4)CC3)nc3cccnc32)c1. The van der Waals surface area contributed by atoms with Crippen LogP contribution in [0.2, 0.25) is 0 Å². The van der Waals surface area contributed by atoms with Crippen LogP contribution in [-0.4, -0.2) is 58.3 Å². The number of aryl methyl sites for hydroxylation is 1. The molecule has 0 spiro atoms. The molecule has 0 saturated carbocycles. The minimum atomic E-state index is -3.64. The van der Waals surface area contributed by atoms with E-state index in [-0.39, 0.29) is 4.90 Å². The standard InChI is InChI=1S/C24H24FN5O2S/c1-18-4-2-5-20(16-18)30-23(27-22-6-3-11-26-24(22)30)17-28-12-14-29(15-13-28)33(31,32)21-9-7-19(25)8-10-21/h2-11,16H,12-15,17H2,1H3. The molecule has 3 heterocycles. The number of nitrogens with zero attached hydrogens (tertiary/aromatic N) is 5. The molecular formula is C24H24FN5O2S. The maximum absolute atomic E-state index is 13.2. The second kappa shape index (κ2) is 8.66. The molecule has 4 aromatic rings. The summed E-state index contributed by atoms with van der Waals surface area (Å²) in [7, 11) is -3.64. The fraction of sp³-hybridized carbons (Fsp3) is 0.250. The molecule has 2 aromatic carbocycles. The monoisotopic (exact) mass is 465 g/mol. The number of benzene rings is 2. The number of pyridine rings is 1. The zero-order valence-electron chi connectivity index (χ0n) is 18.2. The first kappa shape index (κ1) is 21.7. The Morgan fingerprint density at radius 2 is 1.73 bits per heavy atom. The number of imidazole rings is 1. The topological polar surface area (TPSA) is 71.3 Å². The van der Waals surface area contributed by atoms with Gasteiger partial charge in [0.2, 0.25) is 10.0 Å². The van der Waals surface area contributed by atoms with Gasteiger partial charge in [-0.05, 0) is 61.0 Å². The lowest BCUT2D eigenvalue weighted by atomic mass is 10.2. The molecular weight excluding hydrogens is 441 g/mol. The second-order valence-corrected chi connectivity index (χ2v) is 10.1. The molecule has 0 atom stereocenters. The van der Waals surface area contributed by atoms with Crippen molar-refractivity contribution in [2.24, 2.45) is 0 Å². The molecule has 7 nitrogen and oxygen atoms in total. The van der Waals surface area contributed by atoms with Gasteiger partial charge in [0.1, 0.15) is 17.2 Å². The summed E-state index contributed by atoms with van der Waals surface area (Å²) >= 11 is 0. The Labute approximate surface area is 192 Å². The van der Waals surface area contributed by atoms with Crippen molar-refractivity contribution in [3.63, 3.8) is 0 Å². The molecule has 0 radical (unpaired) electrons. The van der Waals surface area contributed by atoms with Crippen LogP contribution >= 0.6 is 0 Å². The number of hydrogen-bond donors (Lipinski definition) is 0. The van der Waals surface area contributed by atoms with Crippen molar-refractivity contribution in [1.82, 2.24) is 23.7 Å². The zero-order valence-corrected chi connectivity index (χ0v) is 19.0. The van der Waals surface area contributed by atoms with Crippen LogP contribution in [0.1, 0.15) is 11.4 Å². The van der Waals surface area contributed by atoms with Gasteiger partial charge in [0, 0.05) is 38.1 Å². The number of halogens is 1. The first-order chi connectivity index (χ1) is 15.9. The molecule has 33 heavy (non-hydrogen) atoms. The van der Waals surface area contributed by atoms with Crippen molar-refractivity contribution in [3.8, 4) is 5.69 Å². The third kappa shape index (κ3) is 4.27. The van der Waals surface area contributed by atoms with Gasteiger partial charge in [0.05, 0.1) is 11.4 Å². The van der Waals surface area contributed by atoms with E-state index in [1.54, 1.807) is 6.20 Å². The number of piperazine rings is 1. The number of rotatable bonds is 5. The Kier molecular flexibility index (Phi) is 5.69. The van der Waals surface area contributed by atoms with Gasteiger partial charge in [0.25, 0.3) is 0 Å². The van der Waals surface area contributed by atoms with Crippen LogP contribution in [0.5, 0.6) is 0 Å². The summed E-state index contributed by atoms with van der Waals surface area (Å²) < 4.78 is 42.6. The van der Waals surface area contributed by atoms with Crippen molar-refractivity contribution in [2.45, 2.75) is 18.4 Å². The van der Waals surface area contributed by atoms with Crippen LogP contribution in [0, 0.1) is 12.7 Å². The summed E-state index contributed by atoms with van der Waals surface area (Å²) in [6.07, 6.45) is 1.76. The minimum Gasteiger partial charge on any atom is -0.293 e. The summed E-state index contributed by atoms with van der Waals surface area (Å²) in [6, 6.07) is 17.0. The Bertz CT molecular complexity index is 1390. The highest BCUT2D eigenvalue weighted by atomic mass is 32.2. The Hall–Kier alpha value is -3.14. The lowest BCUT2D eigenvalue weighted by Gasteiger charge is -2.33. The molecule has 2 aromatic heterocycles. The van der Waals surface area contributed by atoms with Crippen molar-refractivity contribution < 1.29 is 12.8 Å². The molecule has 1 aliphatic heterocycles. The van der Waals surface area contributed by atoms with E-state index < -0.39 is 15.8 Å². The average molecular weight is 466 g/mol. The highest BCUT2D eigenvalue weighted by Gasteiger charge is 2.29. The first-order valence-electron chi connectivity index (χ1n) is 10.8. The van der Waals surface area contributed by atoms with Gasteiger partial charge in [-0.3, -0.25) is 9.47 Å². The smallest absolute Gasteiger partial charge is 0.243 e. The predicted octanol–water partition coefficient (Wildman–Crippen LogP) is 3.37. The van der Waals surface area contributed by atoms with Gasteiger partial charge < -0.3 is 0 Å². The van der Waals surface area contributed by atoms with E-state index in [9.17, 15) is 12.8 Å². The molecule has 0 aliphatic carbocycles. The summed E-state index contributed by atoms with van der Waals surface area (Å²) in [5.41, 5.74) is 3.78. The van der Waals surface area contributed by atoms with Crippen LogP contribution in [-0.2, 0) is 16.6 Å². The van der Waals surface area contributed by atoms with E-state index in [4.69, 9.17) is 4.98 Å². The quantitative estimate of drug-likeness (QED) is 0.452. The second-order valence-electron chi connectivity index (χ2n) is 8.18. The minimum absolute atomic E-state index is 0.115. The van der Waals surface area contributed by atoms with Crippen LogP contribution in [0.25, 0.3) is 16.9 Å². The normalized spacial score (nSPS) is 15.8. The molecule has 9 heteroatoms. The van der Waals surface area contributed by atoms with Crippen molar-refractivity contribution >= 4 is 21.2 Å². The van der Waals surface area contributed by atoms with Crippen LogP contribution < -0.4 is 0 Å². The summed E-state index contributed by atoms with van der Waals surface area (Å²) in [4.78, 5) is 11.7. The Balaban J connectivity index is 1.37. The Morgan fingerprint density at radius 3 is 2.45 bits per heavy atom. The van der Waals surface area contributed by atoms with Crippen molar-refractivity contribution in [1.29, 1.82) is 0 Å². The van der Waals surface area contributed by atoms with Crippen molar-refractivity contribution in [2.75, 3.05) is 26.2 Å². The number of sulfonamides is 1. The van der Waals surface area contributed by atoms with E-state index in [0.29, 0.717) is 32.7 Å². The lowest BCUT2D eigenvalue weighted by Crippen LogP contribution is -2.48. The molecule has 0 unspecified atom stereocenters. The first-order valence-corrected chi connectivity index (χ1v) is 12.2. The van der Waals surface area contributed by atoms with Crippen LogP contribution in [0.15, 0.2) is 71.8 Å². The van der Waals surface area contributed by atoms with Gasteiger partial charge in [-0.2, -0.15) is 4.31 Å². The van der Waals surface area contributed by atoms with E-state index in [2.05, 4.69) is 33.5 Å². The fourth-order valence-electron chi connectivity index (χ4n) is 4.19. The zero-order chi connectivity index (χ0) is 23.0. The molecule has 5 rings (SSSR count). The maximum Gasteiger partial charge on any atom is 0.243 e.